The van der Waals surface area contributed by atoms with Gasteiger partial charge < -0.3 is 15.2 Å². The molecule has 0 spiro atoms. The van der Waals surface area contributed by atoms with Crippen LogP contribution in [0.2, 0.25) is 0 Å². The molecule has 8 nitrogen and oxygen atoms in total. The van der Waals surface area contributed by atoms with Crippen molar-refractivity contribution in [3.63, 3.8) is 0 Å². The fourth-order valence-corrected chi connectivity index (χ4v) is 4.79. The average molecular weight is 545 g/mol. The summed E-state index contributed by atoms with van der Waals surface area (Å²) in [5.74, 6) is -0.847. The lowest BCUT2D eigenvalue weighted by molar-refractivity contribution is -0.275. The fraction of sp³-hybridized carbons (Fsp3) is 0.231. The van der Waals surface area contributed by atoms with Crippen LogP contribution in [-0.2, 0) is 0 Å². The Bertz CT molecular complexity index is 1350. The smallest absolute Gasteiger partial charge is 0.493 e. The molecule has 2 unspecified atom stereocenters. The number of carbonyl (C=O) groups is 2. The number of ketones is 1. The molecule has 1 aliphatic rings. The van der Waals surface area contributed by atoms with E-state index in [1.165, 1.54) is 25.4 Å². The van der Waals surface area contributed by atoms with Crippen LogP contribution in [0.15, 0.2) is 72.1 Å². The Kier molecular flexibility index (Phi) is 8.02. The summed E-state index contributed by atoms with van der Waals surface area (Å²) < 4.78 is 48.0. The number of rotatable bonds is 8. The van der Waals surface area contributed by atoms with Crippen molar-refractivity contribution in [3.8, 4) is 11.5 Å². The van der Waals surface area contributed by atoms with E-state index in [4.69, 9.17) is 10.5 Å². The van der Waals surface area contributed by atoms with Gasteiger partial charge in [-0.15, -0.1) is 13.2 Å². The number of thioether (sulfide) groups is 1. The largest absolute Gasteiger partial charge is 0.573 e. The van der Waals surface area contributed by atoms with Crippen LogP contribution < -0.4 is 15.2 Å². The van der Waals surface area contributed by atoms with Gasteiger partial charge in [0.1, 0.15) is 6.17 Å². The highest BCUT2D eigenvalue weighted by Crippen LogP contribution is 2.37. The van der Waals surface area contributed by atoms with E-state index in [9.17, 15) is 22.8 Å². The second-order valence-electron chi connectivity index (χ2n) is 8.16. The van der Waals surface area contributed by atoms with Crippen LogP contribution in [0.5, 0.6) is 11.5 Å². The number of nitrogens with two attached hydrogens (primary N) is 1. The number of hydrogen-bond donors (Lipinski definition) is 1. The number of hydrogen-bond acceptors (Lipinski definition) is 8. The Balaban J connectivity index is 1.64. The molecule has 2 heterocycles. The Hall–Kier alpha value is -3.90. The Labute approximate surface area is 220 Å². The van der Waals surface area contributed by atoms with Crippen LogP contribution in [0.4, 0.5) is 18.0 Å². The first-order valence-electron chi connectivity index (χ1n) is 11.4. The highest BCUT2D eigenvalue weighted by molar-refractivity contribution is 8.14. The molecule has 198 valence electrons. The average Bonchev–Trinajstić information content (AvgIpc) is 2.91. The number of alkyl halides is 3. The molecule has 0 radical (unpaired) electrons. The van der Waals surface area contributed by atoms with Crippen LogP contribution in [0.25, 0.3) is 0 Å². The standard InChI is InChI=1S/C26H23F3N4O4S/c1-3-21-22(17-10-11-19(36-2)20(13-17)37-26(27,28)29)32-33(25(35)38-21)24(30)16-8-6-15(7-9-16)23(34)18-5-4-12-31-14-18/h4-14,21,24H,3,30H2,1-2H3. The summed E-state index contributed by atoms with van der Waals surface area (Å²) in [5, 5.41) is 4.71. The quantitative estimate of drug-likeness (QED) is 0.372. The zero-order valence-corrected chi connectivity index (χ0v) is 21.1. The molecule has 3 aromatic rings. The lowest BCUT2D eigenvalue weighted by Gasteiger charge is -2.32. The zero-order valence-electron chi connectivity index (χ0n) is 20.3. The van der Waals surface area contributed by atoms with Gasteiger partial charge in [0.2, 0.25) is 0 Å². The van der Waals surface area contributed by atoms with Gasteiger partial charge in [0.05, 0.1) is 18.1 Å². The van der Waals surface area contributed by atoms with Crippen molar-refractivity contribution >= 4 is 28.5 Å². The molecule has 0 aliphatic carbocycles. The first-order chi connectivity index (χ1) is 18.1. The van der Waals surface area contributed by atoms with Gasteiger partial charge in [-0.25, -0.2) is 5.01 Å². The molecule has 0 bridgehead atoms. The summed E-state index contributed by atoms with van der Waals surface area (Å²) in [7, 11) is 1.23. The number of nitrogens with zero attached hydrogens (tertiary/aromatic N) is 3. The first kappa shape index (κ1) is 27.1. The first-order valence-corrected chi connectivity index (χ1v) is 12.3. The summed E-state index contributed by atoms with van der Waals surface area (Å²) in [6.45, 7) is 1.84. The predicted molar refractivity (Wildman–Crippen MR) is 136 cm³/mol. The summed E-state index contributed by atoms with van der Waals surface area (Å²) in [4.78, 5) is 29.5. The number of aromatic nitrogens is 1. The number of methoxy groups -OCH3 is 1. The van der Waals surface area contributed by atoms with Gasteiger partial charge >= 0.3 is 11.6 Å². The number of amides is 1. The predicted octanol–water partition coefficient (Wildman–Crippen LogP) is 5.53. The highest BCUT2D eigenvalue weighted by Gasteiger charge is 2.36. The lowest BCUT2D eigenvalue weighted by atomic mass is 10.0. The topological polar surface area (TPSA) is 107 Å². The fourth-order valence-electron chi connectivity index (χ4n) is 3.83. The molecule has 0 fully saturated rings. The SMILES string of the molecule is CCC1SC(=O)N(C(N)c2ccc(C(=O)c3cccnc3)cc2)N=C1c1ccc(OC)c(OC(F)(F)F)c1. The van der Waals surface area contributed by atoms with E-state index in [2.05, 4.69) is 14.8 Å². The van der Waals surface area contributed by atoms with Crippen LogP contribution in [0, 0.1) is 0 Å². The molecule has 2 N–H and O–H groups in total. The molecule has 4 rings (SSSR count). The van der Waals surface area contributed by atoms with Crippen molar-refractivity contribution in [3.05, 3.63) is 89.2 Å². The van der Waals surface area contributed by atoms with Gasteiger partial charge in [0.25, 0.3) is 0 Å². The van der Waals surface area contributed by atoms with Crippen molar-refractivity contribution in [2.24, 2.45) is 10.8 Å². The molecule has 1 aliphatic heterocycles. The number of pyridine rings is 1. The van der Waals surface area contributed by atoms with Crippen molar-refractivity contribution < 1.29 is 32.2 Å². The maximum absolute atomic E-state index is 13.0. The summed E-state index contributed by atoms with van der Waals surface area (Å²) in [5.41, 5.74) is 8.43. The lowest BCUT2D eigenvalue weighted by Crippen LogP contribution is -2.40. The van der Waals surface area contributed by atoms with E-state index in [-0.39, 0.29) is 11.5 Å². The molecule has 0 saturated carbocycles. The summed E-state index contributed by atoms with van der Waals surface area (Å²) >= 11 is 0.976. The molecule has 0 saturated heterocycles. The third kappa shape index (κ3) is 5.97. The molecule has 2 atom stereocenters. The molecule has 1 amide bonds. The van der Waals surface area contributed by atoms with E-state index in [1.54, 1.807) is 48.7 Å². The van der Waals surface area contributed by atoms with E-state index in [0.29, 0.717) is 34.4 Å². The Morgan fingerprint density at radius 3 is 2.47 bits per heavy atom. The third-order valence-electron chi connectivity index (χ3n) is 5.71. The van der Waals surface area contributed by atoms with Crippen LogP contribution in [-0.4, -0.2) is 45.4 Å². The van der Waals surface area contributed by atoms with Crippen molar-refractivity contribution in [1.29, 1.82) is 0 Å². The Morgan fingerprint density at radius 2 is 1.87 bits per heavy atom. The van der Waals surface area contributed by atoms with Gasteiger partial charge in [-0.1, -0.05) is 43.0 Å². The van der Waals surface area contributed by atoms with Crippen molar-refractivity contribution in [2.45, 2.75) is 31.1 Å². The number of ether oxygens (including phenoxy) is 2. The van der Waals surface area contributed by atoms with Crippen molar-refractivity contribution in [1.82, 2.24) is 9.99 Å². The van der Waals surface area contributed by atoms with Gasteiger partial charge in [0, 0.05) is 29.1 Å². The molecule has 38 heavy (non-hydrogen) atoms. The second kappa shape index (κ2) is 11.2. The minimum absolute atomic E-state index is 0.103. The summed E-state index contributed by atoms with van der Waals surface area (Å²) in [6, 6.07) is 13.8. The Morgan fingerprint density at radius 1 is 1.13 bits per heavy atom. The minimum atomic E-state index is -4.92. The normalized spacial score (nSPS) is 16.6. The maximum atomic E-state index is 13.0. The summed E-state index contributed by atoms with van der Waals surface area (Å²) in [6.07, 6.45) is -2.40. The van der Waals surface area contributed by atoms with Crippen LogP contribution in [0.1, 0.15) is 46.6 Å². The minimum Gasteiger partial charge on any atom is -0.493 e. The van der Waals surface area contributed by atoms with Crippen molar-refractivity contribution in [2.75, 3.05) is 7.11 Å². The number of benzene rings is 2. The van der Waals surface area contributed by atoms with Crippen LogP contribution in [0.3, 0.4) is 0 Å². The molecule has 2 aromatic carbocycles. The molecule has 12 heteroatoms. The second-order valence-corrected chi connectivity index (χ2v) is 9.32. The number of halogens is 3. The van der Waals surface area contributed by atoms with E-state index >= 15 is 0 Å². The van der Waals surface area contributed by atoms with E-state index in [1.807, 2.05) is 6.92 Å². The number of hydrazone groups is 1. The van der Waals surface area contributed by atoms with Crippen LogP contribution >= 0.6 is 11.8 Å². The zero-order chi connectivity index (χ0) is 27.4. The van der Waals surface area contributed by atoms with Gasteiger partial charge in [-0.3, -0.25) is 14.6 Å². The molecule has 1 aromatic heterocycles. The monoisotopic (exact) mass is 544 g/mol. The maximum Gasteiger partial charge on any atom is 0.573 e. The van der Waals surface area contributed by atoms with Gasteiger partial charge in [0.15, 0.2) is 17.3 Å². The molecular weight excluding hydrogens is 521 g/mol. The molecular formula is C26H23F3N4O4S. The van der Waals surface area contributed by atoms with E-state index in [0.717, 1.165) is 16.8 Å². The van der Waals surface area contributed by atoms with Gasteiger partial charge in [-0.2, -0.15) is 5.10 Å². The number of carbonyl (C=O) groups excluding carboxylic acids is 2. The van der Waals surface area contributed by atoms with Gasteiger partial charge in [-0.05, 0) is 42.3 Å². The third-order valence-corrected chi connectivity index (χ3v) is 6.94. The highest BCUT2D eigenvalue weighted by atomic mass is 32.2. The van der Waals surface area contributed by atoms with E-state index < -0.39 is 28.8 Å².